The van der Waals surface area contributed by atoms with E-state index in [1.165, 1.54) is 0 Å². The second-order valence-corrected chi connectivity index (χ2v) is 7.52. The van der Waals surface area contributed by atoms with Gasteiger partial charge in [-0.15, -0.1) is 0 Å². The fourth-order valence-electron chi connectivity index (χ4n) is 3.04. The van der Waals surface area contributed by atoms with Gasteiger partial charge >= 0.3 is 0 Å². The minimum Gasteiger partial charge on any atom is -0.412 e. The average Bonchev–Trinajstić information content (AvgIpc) is 2.82. The lowest BCUT2D eigenvalue weighted by Gasteiger charge is -2.45. The molecule has 2 aliphatic rings. The molecule has 0 bridgehead atoms. The van der Waals surface area contributed by atoms with Gasteiger partial charge in [-0.05, 0) is 0 Å². The highest BCUT2D eigenvalue weighted by atomic mass is 16.7. The Morgan fingerprint density at radius 3 is 1.56 bits per heavy atom. The highest BCUT2D eigenvalue weighted by Crippen LogP contribution is 2.28. The van der Waals surface area contributed by atoms with Crippen molar-refractivity contribution < 1.29 is 86.1 Å². The molecule has 0 aromatic rings. The molecule has 0 aromatic heterocycles. The van der Waals surface area contributed by atoms with Gasteiger partial charge in [0.25, 0.3) is 0 Å². The monoisotopic (exact) mass is 512 g/mol. The number of ether oxygens (including phenoxy) is 3. The van der Waals surface area contributed by atoms with Crippen LogP contribution in [0.5, 0.6) is 0 Å². The molecule has 15 N–H and O–H groups in total. The normalized spacial score (nSPS) is 40.9. The smallest absolute Gasteiger partial charge is 0.187 e. The van der Waals surface area contributed by atoms with Crippen molar-refractivity contribution in [2.45, 2.75) is 79.7 Å². The molecule has 0 aliphatic carbocycles. The lowest BCUT2D eigenvalue weighted by molar-refractivity contribution is -0.355. The van der Waals surface area contributed by atoms with Crippen molar-refractivity contribution in [2.24, 2.45) is 0 Å². The number of aliphatic hydroxyl groups excluding tert-OH is 13. The third kappa shape index (κ3) is 8.18. The van der Waals surface area contributed by atoms with Crippen molar-refractivity contribution in [3.8, 4) is 0 Å². The summed E-state index contributed by atoms with van der Waals surface area (Å²) in [5, 5.41) is 119. The van der Waals surface area contributed by atoms with E-state index in [4.69, 9.17) is 44.8 Å². The SMILES string of the molecule is O.OC[C@@H](O)[C@H](O)[C@@H](O)CO.OC[C@H]1O[C@@H](O[C@H]2[C@H](O)[C@@H](O)[C@H](O)O[C@@H]2CO)[C@H](O)[C@@H](O)[C@H]1O. The molecule has 17 heteroatoms. The maximum atomic E-state index is 9.94. The zero-order valence-corrected chi connectivity index (χ0v) is 17.9. The van der Waals surface area contributed by atoms with Crippen molar-refractivity contribution >= 4 is 0 Å². The van der Waals surface area contributed by atoms with Crippen LogP contribution in [0.1, 0.15) is 0 Å². The van der Waals surface area contributed by atoms with Crippen molar-refractivity contribution in [3.05, 3.63) is 0 Å². The molecule has 0 aromatic carbocycles. The first-order chi connectivity index (χ1) is 15.4. The largest absolute Gasteiger partial charge is 0.412 e. The summed E-state index contributed by atoms with van der Waals surface area (Å²) in [6, 6.07) is 0. The Hall–Kier alpha value is -0.680. The first-order valence-corrected chi connectivity index (χ1v) is 9.97. The summed E-state index contributed by atoms with van der Waals surface area (Å²) in [6.07, 6.45) is -19.9. The van der Waals surface area contributed by atoms with E-state index in [-0.39, 0.29) is 5.48 Å². The Morgan fingerprint density at radius 1 is 0.618 bits per heavy atom. The first-order valence-electron chi connectivity index (χ1n) is 9.97. The van der Waals surface area contributed by atoms with Crippen molar-refractivity contribution in [3.63, 3.8) is 0 Å². The molecular formula is C17H36O17. The highest BCUT2D eigenvalue weighted by Gasteiger charge is 2.50. The topological polar surface area (TPSA) is 322 Å². The maximum Gasteiger partial charge on any atom is 0.187 e. The Labute approximate surface area is 193 Å². The standard InChI is InChI=1S/C12H22O11.C5H12O5.H2O/c13-1-3-5(15)6(16)9(19)12(22-3)23-10-4(2-14)21-11(20)8(18)7(10)17;6-1-3(8)5(10)4(9)2-7;/h3-20H,1-2H2;3-10H,1-2H2;1H2/t3-,4-,5+,6+,7-,8-,9-,10-,11-,12+;3-,4+,5+;/m1../s1. The number of hydrogen-bond acceptors (Lipinski definition) is 16. The molecule has 2 aliphatic heterocycles. The van der Waals surface area contributed by atoms with Crippen LogP contribution in [0.2, 0.25) is 0 Å². The predicted molar refractivity (Wildman–Crippen MR) is 104 cm³/mol. The molecule has 13 atom stereocenters. The van der Waals surface area contributed by atoms with Crippen LogP contribution in [-0.2, 0) is 14.2 Å². The van der Waals surface area contributed by atoms with Gasteiger partial charge in [0.15, 0.2) is 12.6 Å². The molecule has 0 spiro atoms. The van der Waals surface area contributed by atoms with E-state index < -0.39 is 106 Å². The minimum atomic E-state index is -1.74. The van der Waals surface area contributed by atoms with Crippen LogP contribution in [0.25, 0.3) is 0 Å². The average molecular weight is 512 g/mol. The summed E-state index contributed by atoms with van der Waals surface area (Å²) in [5.41, 5.74) is 0. The van der Waals surface area contributed by atoms with Gasteiger partial charge in [-0.25, -0.2) is 0 Å². The lowest BCUT2D eigenvalue weighted by Crippen LogP contribution is -2.64. The Kier molecular flexibility index (Phi) is 15.1. The van der Waals surface area contributed by atoms with Crippen LogP contribution in [0.4, 0.5) is 0 Å². The van der Waals surface area contributed by atoms with E-state index in [0.717, 1.165) is 0 Å². The molecule has 206 valence electrons. The summed E-state index contributed by atoms with van der Waals surface area (Å²) in [6.45, 7) is -2.63. The summed E-state index contributed by atoms with van der Waals surface area (Å²) < 4.78 is 15.3. The van der Waals surface area contributed by atoms with Crippen LogP contribution >= 0.6 is 0 Å². The van der Waals surface area contributed by atoms with Gasteiger partial charge in [-0.2, -0.15) is 0 Å². The van der Waals surface area contributed by atoms with E-state index >= 15 is 0 Å². The van der Waals surface area contributed by atoms with Crippen molar-refractivity contribution in [1.29, 1.82) is 0 Å². The van der Waals surface area contributed by atoms with E-state index in [1.807, 2.05) is 0 Å². The van der Waals surface area contributed by atoms with Crippen LogP contribution in [0.3, 0.4) is 0 Å². The Balaban J connectivity index is 0.000000844. The highest BCUT2D eigenvalue weighted by molar-refractivity contribution is 4.93. The van der Waals surface area contributed by atoms with Gasteiger partial charge in [0.1, 0.15) is 67.1 Å². The minimum absolute atomic E-state index is 0. The van der Waals surface area contributed by atoms with E-state index in [0.29, 0.717) is 0 Å². The Morgan fingerprint density at radius 2 is 1.12 bits per heavy atom. The second kappa shape index (κ2) is 15.4. The zero-order chi connectivity index (χ0) is 25.5. The van der Waals surface area contributed by atoms with E-state index in [2.05, 4.69) is 0 Å². The zero-order valence-electron chi connectivity index (χ0n) is 17.9. The number of hydrogen-bond donors (Lipinski definition) is 13. The van der Waals surface area contributed by atoms with E-state index in [1.54, 1.807) is 0 Å². The molecule has 2 saturated heterocycles. The maximum absolute atomic E-state index is 9.94. The number of aliphatic hydroxyl groups is 13. The molecule has 0 amide bonds. The fourth-order valence-corrected chi connectivity index (χ4v) is 3.04. The van der Waals surface area contributed by atoms with Crippen LogP contribution in [-0.4, -0.2) is 178 Å². The molecular weight excluding hydrogens is 476 g/mol. The predicted octanol–water partition coefficient (Wildman–Crippen LogP) is -9.17. The van der Waals surface area contributed by atoms with Gasteiger partial charge in [-0.1, -0.05) is 0 Å². The van der Waals surface area contributed by atoms with Crippen molar-refractivity contribution in [1.82, 2.24) is 0 Å². The molecule has 2 heterocycles. The van der Waals surface area contributed by atoms with Gasteiger partial charge in [0.05, 0.1) is 26.4 Å². The fraction of sp³-hybridized carbons (Fsp3) is 1.00. The van der Waals surface area contributed by atoms with Gasteiger partial charge in [-0.3, -0.25) is 0 Å². The number of rotatable bonds is 8. The molecule has 0 saturated carbocycles. The molecule has 2 fully saturated rings. The third-order valence-electron chi connectivity index (χ3n) is 5.14. The molecule has 34 heavy (non-hydrogen) atoms. The Bertz CT molecular complexity index is 528. The van der Waals surface area contributed by atoms with E-state index in [9.17, 15) is 35.7 Å². The second-order valence-electron chi connectivity index (χ2n) is 7.52. The molecule has 0 unspecified atom stereocenters. The van der Waals surface area contributed by atoms with Crippen LogP contribution < -0.4 is 0 Å². The molecule has 2 rings (SSSR count). The van der Waals surface area contributed by atoms with Crippen LogP contribution in [0, 0.1) is 0 Å². The summed E-state index contributed by atoms with van der Waals surface area (Å²) in [7, 11) is 0. The third-order valence-corrected chi connectivity index (χ3v) is 5.14. The van der Waals surface area contributed by atoms with Crippen molar-refractivity contribution in [2.75, 3.05) is 26.4 Å². The summed E-state index contributed by atoms with van der Waals surface area (Å²) in [4.78, 5) is 0. The van der Waals surface area contributed by atoms with Gasteiger partial charge in [0.2, 0.25) is 0 Å². The molecule has 0 radical (unpaired) electrons. The summed E-state index contributed by atoms with van der Waals surface area (Å²) >= 11 is 0. The summed E-state index contributed by atoms with van der Waals surface area (Å²) in [5.74, 6) is 0. The quantitative estimate of drug-likeness (QED) is 0.143. The molecule has 17 nitrogen and oxygen atoms in total. The lowest BCUT2D eigenvalue weighted by atomic mass is 9.97. The first kappa shape index (κ1) is 33.3. The van der Waals surface area contributed by atoms with Gasteiger partial charge < -0.3 is 86.1 Å². The van der Waals surface area contributed by atoms with Gasteiger partial charge in [0, 0.05) is 0 Å². The van der Waals surface area contributed by atoms with Crippen LogP contribution in [0.15, 0.2) is 0 Å².